The molecular weight excluding hydrogens is 499 g/mol. The van der Waals surface area contributed by atoms with Gasteiger partial charge in [-0.1, -0.05) is 6.07 Å². The third-order valence-corrected chi connectivity index (χ3v) is 6.80. The van der Waals surface area contributed by atoms with Crippen molar-refractivity contribution in [1.82, 2.24) is 19.8 Å². The topological polar surface area (TPSA) is 71.0 Å². The van der Waals surface area contributed by atoms with Crippen molar-refractivity contribution < 1.29 is 27.4 Å². The van der Waals surface area contributed by atoms with Crippen LogP contribution in [0.2, 0.25) is 0 Å². The van der Waals surface area contributed by atoms with Gasteiger partial charge in [-0.2, -0.15) is 18.2 Å². The summed E-state index contributed by atoms with van der Waals surface area (Å²) in [6.07, 6.45) is -3.99. The summed E-state index contributed by atoms with van der Waals surface area (Å²) >= 11 is 0. The Bertz CT molecular complexity index is 1310. The predicted octanol–water partition coefficient (Wildman–Crippen LogP) is 4.25. The zero-order chi connectivity index (χ0) is 26.9. The number of hydrogen-bond donors (Lipinski definition) is 0. The molecule has 0 atom stereocenters. The molecule has 1 saturated heterocycles. The number of methoxy groups -OCH3 is 1. The van der Waals surface area contributed by atoms with E-state index in [1.165, 1.54) is 12.1 Å². The number of carbonyl (C=O) groups is 1. The highest BCUT2D eigenvalue weighted by Crippen LogP contribution is 2.34. The maximum atomic E-state index is 13.2. The molecule has 0 N–H and O–H groups in total. The van der Waals surface area contributed by atoms with Crippen molar-refractivity contribution in [3.05, 3.63) is 70.9 Å². The van der Waals surface area contributed by atoms with E-state index in [2.05, 4.69) is 16.8 Å². The summed E-state index contributed by atoms with van der Waals surface area (Å²) in [5.74, 6) is 1.73. The Labute approximate surface area is 218 Å². The van der Waals surface area contributed by atoms with E-state index in [1.54, 1.807) is 24.1 Å². The number of likely N-dealkylation sites (N-methyl/N-ethyl adjacent to an activating group) is 1. The summed E-state index contributed by atoms with van der Waals surface area (Å²) in [7, 11) is 3.65. The molecule has 1 fully saturated rings. The van der Waals surface area contributed by atoms with Crippen LogP contribution in [0.15, 0.2) is 48.5 Å². The molecule has 0 radical (unpaired) electrons. The molecule has 0 unspecified atom stereocenters. The summed E-state index contributed by atoms with van der Waals surface area (Å²) in [6, 6.07) is 11.4. The minimum absolute atomic E-state index is 0.178. The Morgan fingerprint density at radius 2 is 1.66 bits per heavy atom. The fraction of sp³-hybridized carbons (Fsp3) is 0.370. The van der Waals surface area contributed by atoms with E-state index < -0.39 is 11.7 Å². The smallest absolute Gasteiger partial charge is 0.416 e. The molecule has 0 saturated carbocycles. The van der Waals surface area contributed by atoms with Gasteiger partial charge in [0.05, 0.1) is 30.5 Å². The summed E-state index contributed by atoms with van der Waals surface area (Å²) in [5.41, 5.74) is 0.865. The van der Waals surface area contributed by atoms with E-state index in [4.69, 9.17) is 19.4 Å². The van der Waals surface area contributed by atoms with E-state index in [0.29, 0.717) is 41.9 Å². The monoisotopic (exact) mass is 527 g/mol. The molecule has 0 bridgehead atoms. The third kappa shape index (κ3) is 5.52. The fourth-order valence-electron chi connectivity index (χ4n) is 4.54. The van der Waals surface area contributed by atoms with Crippen LogP contribution >= 0.6 is 0 Å². The van der Waals surface area contributed by atoms with E-state index in [1.807, 2.05) is 12.1 Å². The molecule has 1 aromatic heterocycles. The van der Waals surface area contributed by atoms with Crippen molar-refractivity contribution in [2.45, 2.75) is 19.1 Å². The van der Waals surface area contributed by atoms with Crippen LogP contribution in [0.3, 0.4) is 0 Å². The van der Waals surface area contributed by atoms with Crippen molar-refractivity contribution in [2.75, 3.05) is 51.8 Å². The minimum atomic E-state index is -4.46. The number of rotatable bonds is 5. The highest BCUT2D eigenvalue weighted by Gasteiger charge is 2.32. The van der Waals surface area contributed by atoms with Crippen molar-refractivity contribution in [3.63, 3.8) is 0 Å². The molecule has 3 heterocycles. The Hall–Kier alpha value is -3.86. The average molecular weight is 528 g/mol. The highest BCUT2D eigenvalue weighted by molar-refractivity contribution is 5.94. The molecule has 8 nitrogen and oxygen atoms in total. The maximum Gasteiger partial charge on any atom is 0.416 e. The standard InChI is InChI=1S/C27H28F3N5O3/c1-33-12-14-34(15-13-33)26-31-23-10-11-35(25(36)18-6-8-19(9-7-18)27(28,29)30)17-22(23)24(32-26)38-21-5-3-4-20(16-21)37-2/h3-9,16H,10-15,17H2,1-2H3. The van der Waals surface area contributed by atoms with Crippen LogP contribution in [0.1, 0.15) is 27.2 Å². The lowest BCUT2D eigenvalue weighted by Gasteiger charge is -2.34. The zero-order valence-corrected chi connectivity index (χ0v) is 21.2. The molecular formula is C27H28F3N5O3. The van der Waals surface area contributed by atoms with E-state index in [-0.39, 0.29) is 18.0 Å². The SMILES string of the molecule is COc1cccc(Oc2nc(N3CCN(C)CC3)nc3c2CN(C(=O)c2ccc(C(F)(F)F)cc2)CC3)c1. The van der Waals surface area contributed by atoms with Crippen molar-refractivity contribution >= 4 is 11.9 Å². The van der Waals surface area contributed by atoms with Crippen molar-refractivity contribution in [3.8, 4) is 17.4 Å². The Balaban J connectivity index is 1.44. The lowest BCUT2D eigenvalue weighted by molar-refractivity contribution is -0.137. The average Bonchev–Trinajstić information content (AvgIpc) is 2.92. The van der Waals surface area contributed by atoms with E-state index in [0.717, 1.165) is 44.0 Å². The molecule has 2 aliphatic heterocycles. The number of hydrogen-bond acceptors (Lipinski definition) is 7. The molecule has 0 spiro atoms. The first kappa shape index (κ1) is 25.8. The second kappa shape index (κ2) is 10.5. The van der Waals surface area contributed by atoms with Crippen LogP contribution in [0.25, 0.3) is 0 Å². The molecule has 11 heteroatoms. The van der Waals surface area contributed by atoms with Gasteiger partial charge in [-0.25, -0.2) is 4.98 Å². The van der Waals surface area contributed by atoms with Crippen LogP contribution in [-0.4, -0.2) is 72.6 Å². The number of nitrogens with zero attached hydrogens (tertiary/aromatic N) is 5. The van der Waals surface area contributed by atoms with Gasteiger partial charge in [0, 0.05) is 50.8 Å². The van der Waals surface area contributed by atoms with Crippen LogP contribution in [-0.2, 0) is 19.1 Å². The molecule has 2 aromatic carbocycles. The first-order valence-electron chi connectivity index (χ1n) is 12.3. The van der Waals surface area contributed by atoms with Gasteiger partial charge >= 0.3 is 6.18 Å². The Morgan fingerprint density at radius 3 is 2.34 bits per heavy atom. The third-order valence-electron chi connectivity index (χ3n) is 6.80. The highest BCUT2D eigenvalue weighted by atomic mass is 19.4. The second-order valence-electron chi connectivity index (χ2n) is 9.38. The second-order valence-corrected chi connectivity index (χ2v) is 9.38. The van der Waals surface area contributed by atoms with Crippen LogP contribution in [0.4, 0.5) is 19.1 Å². The first-order chi connectivity index (χ1) is 18.2. The zero-order valence-electron chi connectivity index (χ0n) is 21.2. The molecule has 38 heavy (non-hydrogen) atoms. The Morgan fingerprint density at radius 1 is 0.947 bits per heavy atom. The van der Waals surface area contributed by atoms with Gasteiger partial charge in [0.1, 0.15) is 11.5 Å². The van der Waals surface area contributed by atoms with E-state index in [9.17, 15) is 18.0 Å². The summed E-state index contributed by atoms with van der Waals surface area (Å²) in [4.78, 5) is 28.7. The molecule has 3 aromatic rings. The predicted molar refractivity (Wildman–Crippen MR) is 135 cm³/mol. The van der Waals surface area contributed by atoms with Gasteiger partial charge in [0.25, 0.3) is 5.91 Å². The van der Waals surface area contributed by atoms with Gasteiger partial charge in [0.15, 0.2) is 0 Å². The molecule has 1 amide bonds. The normalized spacial score (nSPS) is 16.2. The van der Waals surface area contributed by atoms with Gasteiger partial charge in [-0.15, -0.1) is 0 Å². The number of fused-ring (bicyclic) bond motifs is 1. The summed E-state index contributed by atoms with van der Waals surface area (Å²) in [5, 5.41) is 0. The number of halogens is 3. The number of anilines is 1. The van der Waals surface area contributed by atoms with E-state index >= 15 is 0 Å². The number of ether oxygens (including phenoxy) is 2. The molecule has 0 aliphatic carbocycles. The molecule has 5 rings (SSSR count). The van der Waals surface area contributed by atoms with Crippen LogP contribution < -0.4 is 14.4 Å². The lowest BCUT2D eigenvalue weighted by Crippen LogP contribution is -2.45. The van der Waals surface area contributed by atoms with Gasteiger partial charge < -0.3 is 24.2 Å². The lowest BCUT2D eigenvalue weighted by atomic mass is 10.0. The van der Waals surface area contributed by atoms with Crippen molar-refractivity contribution in [2.24, 2.45) is 0 Å². The quantitative estimate of drug-likeness (QED) is 0.492. The summed E-state index contributed by atoms with van der Waals surface area (Å²) in [6.45, 7) is 3.91. The number of aromatic nitrogens is 2. The number of benzene rings is 2. The maximum absolute atomic E-state index is 13.2. The first-order valence-corrected chi connectivity index (χ1v) is 12.3. The summed E-state index contributed by atoms with van der Waals surface area (Å²) < 4.78 is 50.4. The number of carbonyl (C=O) groups excluding carboxylic acids is 1. The van der Waals surface area contributed by atoms with Gasteiger partial charge in [-0.05, 0) is 43.4 Å². The van der Waals surface area contributed by atoms with Gasteiger partial charge in [-0.3, -0.25) is 4.79 Å². The molecule has 2 aliphatic rings. The van der Waals surface area contributed by atoms with Crippen LogP contribution in [0, 0.1) is 0 Å². The number of amides is 1. The molecule has 200 valence electrons. The number of alkyl halides is 3. The largest absolute Gasteiger partial charge is 0.497 e. The minimum Gasteiger partial charge on any atom is -0.497 e. The van der Waals surface area contributed by atoms with Gasteiger partial charge in [0.2, 0.25) is 11.8 Å². The van der Waals surface area contributed by atoms with Crippen molar-refractivity contribution in [1.29, 1.82) is 0 Å². The fourth-order valence-corrected chi connectivity index (χ4v) is 4.54. The Kier molecular flexibility index (Phi) is 7.11. The number of piperazine rings is 1. The van der Waals surface area contributed by atoms with Crippen LogP contribution in [0.5, 0.6) is 17.4 Å².